The van der Waals surface area contributed by atoms with Gasteiger partial charge in [-0.1, -0.05) is 6.58 Å². The van der Waals surface area contributed by atoms with E-state index in [1.807, 2.05) is 27.1 Å². The van der Waals surface area contributed by atoms with E-state index in [9.17, 15) is 0 Å². The number of hydrogen-bond acceptors (Lipinski definition) is 1. The molecule has 0 aliphatic rings. The zero-order valence-electron chi connectivity index (χ0n) is 6.93. The molecule has 0 aromatic rings. The van der Waals surface area contributed by atoms with Gasteiger partial charge in [0.05, 0.1) is 14.1 Å². The van der Waals surface area contributed by atoms with Crippen LogP contribution in [0.2, 0.25) is 0 Å². The fraction of sp³-hybridized carbons (Fsp3) is 0.714. The molecule has 0 aromatic heterocycles. The third-order valence-electron chi connectivity index (χ3n) is 1.05. The summed E-state index contributed by atoms with van der Waals surface area (Å²) in [6.07, 6.45) is 1.86. The molecule has 0 aromatic carbocycles. The van der Waals surface area contributed by atoms with Crippen molar-refractivity contribution >= 4 is 0 Å². The van der Waals surface area contributed by atoms with Crippen molar-refractivity contribution in [3.63, 3.8) is 0 Å². The molecule has 0 aliphatic carbocycles. The smallest absolute Gasteiger partial charge is 0.127 e. The number of rotatable bonds is 4. The van der Waals surface area contributed by atoms with Gasteiger partial charge in [0.25, 0.3) is 0 Å². The van der Waals surface area contributed by atoms with Gasteiger partial charge in [0.2, 0.25) is 0 Å². The molecular weight excluding hydrogens is 150 g/mol. The third-order valence-corrected chi connectivity index (χ3v) is 1.05. The Morgan fingerprint density at radius 2 is 2.00 bits per heavy atom. The summed E-state index contributed by atoms with van der Waals surface area (Å²) in [6.45, 7) is 7.23. The van der Waals surface area contributed by atoms with E-state index >= 15 is 0 Å². The van der Waals surface area contributed by atoms with Crippen molar-refractivity contribution in [3.8, 4) is 0 Å². The molecule has 3 heteroatoms. The van der Waals surface area contributed by atoms with Gasteiger partial charge in [0.15, 0.2) is 0 Å². The van der Waals surface area contributed by atoms with Crippen LogP contribution in [0.25, 0.3) is 0 Å². The van der Waals surface area contributed by atoms with Crippen molar-refractivity contribution in [1.29, 1.82) is 0 Å². The Hall–Kier alpha value is -0.0500. The van der Waals surface area contributed by atoms with Crippen LogP contribution in [-0.2, 0) is 4.84 Å². The molecule has 0 rings (SSSR count). The predicted molar refractivity (Wildman–Crippen MR) is 38.8 cm³/mol. The summed E-state index contributed by atoms with van der Waals surface area (Å²) < 4.78 is 0.569. The standard InChI is InChI=1S/C7H16NO.ClH/c1-5-7-8(3,4)9-6-2;/h5H,1,6-7H2,2-4H3;1H/q+1;/p-1. The first-order chi connectivity index (χ1) is 4.12. The average Bonchev–Trinajstić information content (AvgIpc) is 1.64. The van der Waals surface area contributed by atoms with Gasteiger partial charge in [0.1, 0.15) is 13.2 Å². The molecule has 0 atom stereocenters. The Morgan fingerprint density at radius 3 is 2.30 bits per heavy atom. The molecule has 0 radical (unpaired) electrons. The maximum atomic E-state index is 5.34. The molecular formula is C7H16ClNO. The minimum Gasteiger partial charge on any atom is -1.00 e. The molecule has 0 saturated carbocycles. The quantitative estimate of drug-likeness (QED) is 0.272. The van der Waals surface area contributed by atoms with Gasteiger partial charge in [-0.25, -0.2) is 4.84 Å². The van der Waals surface area contributed by atoms with Gasteiger partial charge in [-0.2, -0.15) is 4.65 Å². The number of nitrogens with zero attached hydrogens (tertiary/aromatic N) is 1. The Balaban J connectivity index is 0. The molecule has 2 nitrogen and oxygen atoms in total. The largest absolute Gasteiger partial charge is 1.00 e. The molecule has 0 N–H and O–H groups in total. The highest BCUT2D eigenvalue weighted by Crippen LogP contribution is 1.96. The fourth-order valence-corrected chi connectivity index (χ4v) is 0.713. The summed E-state index contributed by atoms with van der Waals surface area (Å²) in [4.78, 5) is 5.34. The van der Waals surface area contributed by atoms with Crippen molar-refractivity contribution in [1.82, 2.24) is 0 Å². The summed E-state index contributed by atoms with van der Waals surface area (Å²) in [5, 5.41) is 0. The second-order valence-corrected chi connectivity index (χ2v) is 2.46. The van der Waals surface area contributed by atoms with Crippen molar-refractivity contribution in [2.45, 2.75) is 6.92 Å². The lowest BCUT2D eigenvalue weighted by Gasteiger charge is -2.24. The number of hydroxylamine groups is 3. The number of quaternary nitrogens is 1. The number of likely N-dealkylation sites (N-methyl/N-ethyl adjacent to an activating group) is 1. The maximum absolute atomic E-state index is 5.34. The summed E-state index contributed by atoms with van der Waals surface area (Å²) in [5.74, 6) is 0. The maximum Gasteiger partial charge on any atom is 0.127 e. The summed E-state index contributed by atoms with van der Waals surface area (Å²) in [5.41, 5.74) is 0. The van der Waals surface area contributed by atoms with Crippen LogP contribution < -0.4 is 12.4 Å². The molecule has 0 unspecified atom stereocenters. The van der Waals surface area contributed by atoms with E-state index in [-0.39, 0.29) is 12.4 Å². The van der Waals surface area contributed by atoms with Crippen molar-refractivity contribution in [2.75, 3.05) is 27.2 Å². The van der Waals surface area contributed by atoms with Crippen molar-refractivity contribution < 1.29 is 21.9 Å². The highest BCUT2D eigenvalue weighted by atomic mass is 35.5. The second-order valence-electron chi connectivity index (χ2n) is 2.46. The van der Waals surface area contributed by atoms with Crippen LogP contribution in [0.5, 0.6) is 0 Å². The van der Waals surface area contributed by atoms with Gasteiger partial charge in [-0.15, -0.1) is 0 Å². The van der Waals surface area contributed by atoms with Gasteiger partial charge in [0, 0.05) is 0 Å². The minimum absolute atomic E-state index is 0. The molecule has 0 bridgehead atoms. The topological polar surface area (TPSA) is 9.23 Å². The summed E-state index contributed by atoms with van der Waals surface area (Å²) in [6, 6.07) is 0. The van der Waals surface area contributed by atoms with E-state index in [0.29, 0.717) is 4.65 Å². The molecule has 0 heterocycles. The zero-order chi connectivity index (χ0) is 7.33. The highest BCUT2D eigenvalue weighted by Gasteiger charge is 2.11. The molecule has 0 saturated heterocycles. The minimum atomic E-state index is 0. The summed E-state index contributed by atoms with van der Waals surface area (Å²) >= 11 is 0. The molecule has 10 heavy (non-hydrogen) atoms. The fourth-order valence-electron chi connectivity index (χ4n) is 0.713. The Bertz CT molecular complexity index is 93.6. The first-order valence-corrected chi connectivity index (χ1v) is 3.21. The Labute approximate surface area is 69.4 Å². The van der Waals surface area contributed by atoms with Crippen LogP contribution in [0.3, 0.4) is 0 Å². The summed E-state index contributed by atoms with van der Waals surface area (Å²) in [7, 11) is 4.01. The number of hydrogen-bond donors (Lipinski definition) is 0. The monoisotopic (exact) mass is 165 g/mol. The van der Waals surface area contributed by atoms with Crippen molar-refractivity contribution in [3.05, 3.63) is 12.7 Å². The van der Waals surface area contributed by atoms with Gasteiger partial charge in [-0.05, 0) is 13.0 Å². The first kappa shape index (κ1) is 12.6. The van der Waals surface area contributed by atoms with Gasteiger partial charge < -0.3 is 12.4 Å². The van der Waals surface area contributed by atoms with E-state index in [0.717, 1.165) is 13.2 Å². The molecule has 0 spiro atoms. The van der Waals surface area contributed by atoms with E-state index in [1.165, 1.54) is 0 Å². The van der Waals surface area contributed by atoms with Gasteiger partial charge in [-0.3, -0.25) is 0 Å². The van der Waals surface area contributed by atoms with E-state index in [2.05, 4.69) is 6.58 Å². The lowest BCUT2D eigenvalue weighted by atomic mass is 10.6. The van der Waals surface area contributed by atoms with Gasteiger partial charge >= 0.3 is 0 Å². The molecule has 62 valence electrons. The number of halogens is 1. The molecule has 0 amide bonds. The Morgan fingerprint density at radius 1 is 1.50 bits per heavy atom. The lowest BCUT2D eigenvalue weighted by Crippen LogP contribution is -3.00. The normalized spacial score (nSPS) is 10.3. The van der Waals surface area contributed by atoms with Crippen LogP contribution >= 0.6 is 0 Å². The van der Waals surface area contributed by atoms with Crippen LogP contribution in [0.4, 0.5) is 0 Å². The lowest BCUT2D eigenvalue weighted by molar-refractivity contribution is -1.07. The van der Waals surface area contributed by atoms with E-state index < -0.39 is 0 Å². The zero-order valence-corrected chi connectivity index (χ0v) is 7.69. The third kappa shape index (κ3) is 6.08. The predicted octanol–water partition coefficient (Wildman–Crippen LogP) is -1.80. The van der Waals surface area contributed by atoms with Crippen LogP contribution in [0, 0.1) is 0 Å². The highest BCUT2D eigenvalue weighted by molar-refractivity contribution is 4.62. The van der Waals surface area contributed by atoms with Crippen LogP contribution in [0.15, 0.2) is 12.7 Å². The Kier molecular flexibility index (Phi) is 7.21. The first-order valence-electron chi connectivity index (χ1n) is 3.21. The van der Waals surface area contributed by atoms with E-state index in [4.69, 9.17) is 4.84 Å². The second kappa shape index (κ2) is 5.71. The molecule has 0 fully saturated rings. The average molecular weight is 166 g/mol. The van der Waals surface area contributed by atoms with Crippen LogP contribution in [0.1, 0.15) is 6.92 Å². The molecule has 0 aliphatic heterocycles. The van der Waals surface area contributed by atoms with E-state index in [1.54, 1.807) is 0 Å². The SMILES string of the molecule is C=CC[N+](C)(C)OCC.[Cl-]. The van der Waals surface area contributed by atoms with Crippen molar-refractivity contribution in [2.24, 2.45) is 0 Å². The van der Waals surface area contributed by atoms with Crippen LogP contribution in [-0.4, -0.2) is 31.9 Å².